The van der Waals surface area contributed by atoms with Crippen molar-refractivity contribution in [3.63, 3.8) is 0 Å². The Morgan fingerprint density at radius 1 is 1.30 bits per heavy atom. The zero-order chi connectivity index (χ0) is 14.7. The van der Waals surface area contributed by atoms with E-state index in [-0.39, 0.29) is 17.7 Å². The van der Waals surface area contributed by atoms with Gasteiger partial charge in [0.05, 0.1) is 5.56 Å². The first-order chi connectivity index (χ1) is 9.45. The Bertz CT molecular complexity index is 643. The maximum absolute atomic E-state index is 13.5. The fraction of sp³-hybridized carbons (Fsp3) is 0.0714. The first kappa shape index (κ1) is 14.8. The number of carbonyl (C=O) groups excluding carboxylic acids is 1. The molecule has 0 spiro atoms. The fourth-order valence-corrected chi connectivity index (χ4v) is 2.26. The number of esters is 1. The van der Waals surface area contributed by atoms with Gasteiger partial charge in [-0.25, -0.2) is 9.18 Å². The van der Waals surface area contributed by atoms with Gasteiger partial charge in [-0.15, -0.1) is 0 Å². The number of rotatable bonds is 3. The van der Waals surface area contributed by atoms with Crippen LogP contribution in [-0.2, 0) is 11.3 Å². The molecular weight excluding hydrogens is 349 g/mol. The Kier molecular flexibility index (Phi) is 4.62. The number of carbonyl (C=O) groups is 1. The van der Waals surface area contributed by atoms with Crippen LogP contribution in [0, 0.1) is 5.82 Å². The van der Waals surface area contributed by atoms with Crippen LogP contribution in [-0.4, -0.2) is 5.97 Å². The van der Waals surface area contributed by atoms with E-state index in [9.17, 15) is 9.18 Å². The summed E-state index contributed by atoms with van der Waals surface area (Å²) >= 11 is 9.03. The predicted molar refractivity (Wildman–Crippen MR) is 79.1 cm³/mol. The van der Waals surface area contributed by atoms with E-state index < -0.39 is 11.8 Å². The highest BCUT2D eigenvalue weighted by Crippen LogP contribution is 2.19. The van der Waals surface area contributed by atoms with Crippen LogP contribution in [0.5, 0.6) is 0 Å². The van der Waals surface area contributed by atoms with Gasteiger partial charge in [0.25, 0.3) is 0 Å². The molecule has 0 heterocycles. The molecule has 104 valence electrons. The molecule has 6 heteroatoms. The summed E-state index contributed by atoms with van der Waals surface area (Å²) in [4.78, 5) is 11.8. The van der Waals surface area contributed by atoms with Gasteiger partial charge in [-0.3, -0.25) is 0 Å². The molecule has 0 aliphatic carbocycles. The van der Waals surface area contributed by atoms with Crippen molar-refractivity contribution in [2.24, 2.45) is 0 Å². The van der Waals surface area contributed by atoms with Crippen LogP contribution >= 0.6 is 27.5 Å². The Balaban J connectivity index is 2.10. The number of benzene rings is 2. The summed E-state index contributed by atoms with van der Waals surface area (Å²) in [5.74, 6) is -1.05. The SMILES string of the molecule is Nc1cc(Cl)cc(C(=O)OCc2cc(Br)ccc2F)c1. The second kappa shape index (κ2) is 6.24. The van der Waals surface area contributed by atoms with E-state index in [1.807, 2.05) is 0 Å². The zero-order valence-corrected chi connectivity index (χ0v) is 12.5. The van der Waals surface area contributed by atoms with Gasteiger partial charge in [-0.1, -0.05) is 27.5 Å². The molecule has 2 rings (SSSR count). The average Bonchev–Trinajstić information content (AvgIpc) is 2.38. The van der Waals surface area contributed by atoms with Gasteiger partial charge >= 0.3 is 5.97 Å². The molecule has 0 radical (unpaired) electrons. The highest BCUT2D eigenvalue weighted by molar-refractivity contribution is 9.10. The summed E-state index contributed by atoms with van der Waals surface area (Å²) in [5, 5.41) is 0.339. The average molecular weight is 359 g/mol. The Morgan fingerprint density at radius 2 is 2.05 bits per heavy atom. The van der Waals surface area contributed by atoms with E-state index in [1.165, 1.54) is 24.3 Å². The third-order valence-electron chi connectivity index (χ3n) is 2.52. The minimum Gasteiger partial charge on any atom is -0.457 e. The number of hydrogen-bond acceptors (Lipinski definition) is 3. The molecule has 0 aromatic heterocycles. The number of halogens is 3. The minimum atomic E-state index is -0.612. The Labute approximate surface area is 128 Å². The number of nitrogens with two attached hydrogens (primary N) is 1. The largest absolute Gasteiger partial charge is 0.457 e. The summed E-state index contributed by atoms with van der Waals surface area (Å²) in [6, 6.07) is 8.83. The first-order valence-corrected chi connectivity index (χ1v) is 6.80. The molecule has 2 aromatic rings. The second-order valence-electron chi connectivity index (χ2n) is 4.09. The molecule has 0 bridgehead atoms. The van der Waals surface area contributed by atoms with Gasteiger partial charge in [-0.2, -0.15) is 0 Å². The molecule has 0 saturated carbocycles. The molecule has 0 amide bonds. The summed E-state index contributed by atoms with van der Waals surface area (Å²) in [6.45, 7) is -0.170. The third-order valence-corrected chi connectivity index (χ3v) is 3.23. The molecule has 0 saturated heterocycles. The molecule has 0 aliphatic heterocycles. The standard InChI is InChI=1S/C14H10BrClFNO2/c15-10-1-2-13(17)9(3-10)7-20-14(19)8-4-11(16)6-12(18)5-8/h1-6H,7,18H2. The van der Waals surface area contributed by atoms with Crippen LogP contribution in [0.25, 0.3) is 0 Å². The summed E-state index contributed by atoms with van der Waals surface area (Å²) < 4.78 is 19.2. The van der Waals surface area contributed by atoms with Crippen molar-refractivity contribution in [1.29, 1.82) is 0 Å². The zero-order valence-electron chi connectivity index (χ0n) is 10.2. The van der Waals surface area contributed by atoms with Crippen molar-refractivity contribution >= 4 is 39.2 Å². The molecule has 3 nitrogen and oxygen atoms in total. The van der Waals surface area contributed by atoms with Gasteiger partial charge in [0.1, 0.15) is 12.4 Å². The minimum absolute atomic E-state index is 0.170. The smallest absolute Gasteiger partial charge is 0.338 e. The van der Waals surface area contributed by atoms with E-state index in [0.717, 1.165) is 0 Å². The molecule has 0 atom stereocenters. The van der Waals surface area contributed by atoms with Gasteiger partial charge in [-0.05, 0) is 36.4 Å². The van der Waals surface area contributed by atoms with Crippen molar-refractivity contribution in [3.8, 4) is 0 Å². The van der Waals surface area contributed by atoms with E-state index in [2.05, 4.69) is 15.9 Å². The highest BCUT2D eigenvalue weighted by atomic mass is 79.9. The van der Waals surface area contributed by atoms with Crippen LogP contribution in [0.15, 0.2) is 40.9 Å². The number of hydrogen-bond donors (Lipinski definition) is 1. The van der Waals surface area contributed by atoms with Crippen molar-refractivity contribution in [2.75, 3.05) is 5.73 Å². The van der Waals surface area contributed by atoms with Crippen LogP contribution in [0.3, 0.4) is 0 Å². The van der Waals surface area contributed by atoms with Crippen LogP contribution in [0.2, 0.25) is 5.02 Å². The second-order valence-corrected chi connectivity index (χ2v) is 5.44. The highest BCUT2D eigenvalue weighted by Gasteiger charge is 2.11. The molecule has 2 N–H and O–H groups in total. The van der Waals surface area contributed by atoms with Crippen molar-refractivity contribution in [3.05, 3.63) is 62.8 Å². The monoisotopic (exact) mass is 357 g/mol. The Hall–Kier alpha value is -1.59. The number of ether oxygens (including phenoxy) is 1. The molecule has 0 fully saturated rings. The third kappa shape index (κ3) is 3.71. The van der Waals surface area contributed by atoms with Crippen molar-refractivity contribution < 1.29 is 13.9 Å². The number of anilines is 1. The van der Waals surface area contributed by atoms with Gasteiger partial charge in [0, 0.05) is 20.7 Å². The predicted octanol–water partition coefficient (Wildman–Crippen LogP) is 4.18. The van der Waals surface area contributed by atoms with Gasteiger partial charge in [0.15, 0.2) is 0 Å². The van der Waals surface area contributed by atoms with Gasteiger partial charge in [0.2, 0.25) is 0 Å². The lowest BCUT2D eigenvalue weighted by Gasteiger charge is -2.07. The van der Waals surface area contributed by atoms with Crippen LogP contribution < -0.4 is 5.73 Å². The van der Waals surface area contributed by atoms with Crippen molar-refractivity contribution in [1.82, 2.24) is 0 Å². The van der Waals surface area contributed by atoms with E-state index in [0.29, 0.717) is 15.2 Å². The molecule has 0 aliphatic rings. The summed E-state index contributed by atoms with van der Waals surface area (Å²) in [6.07, 6.45) is 0. The van der Waals surface area contributed by atoms with Crippen molar-refractivity contribution in [2.45, 2.75) is 6.61 Å². The molecule has 0 unspecified atom stereocenters. The fourth-order valence-electron chi connectivity index (χ4n) is 1.61. The lowest BCUT2D eigenvalue weighted by atomic mass is 10.2. The summed E-state index contributed by atoms with van der Waals surface area (Å²) in [5.41, 5.74) is 6.46. The number of nitrogen functional groups attached to an aromatic ring is 1. The van der Waals surface area contributed by atoms with E-state index in [1.54, 1.807) is 12.1 Å². The lowest BCUT2D eigenvalue weighted by Crippen LogP contribution is -2.07. The van der Waals surface area contributed by atoms with Crippen LogP contribution in [0.4, 0.5) is 10.1 Å². The van der Waals surface area contributed by atoms with Gasteiger partial charge < -0.3 is 10.5 Å². The summed E-state index contributed by atoms with van der Waals surface area (Å²) in [7, 11) is 0. The van der Waals surface area contributed by atoms with E-state index >= 15 is 0 Å². The topological polar surface area (TPSA) is 52.3 Å². The molecular formula is C14H10BrClFNO2. The molecule has 2 aromatic carbocycles. The maximum Gasteiger partial charge on any atom is 0.338 e. The Morgan fingerprint density at radius 3 is 2.75 bits per heavy atom. The first-order valence-electron chi connectivity index (χ1n) is 5.63. The van der Waals surface area contributed by atoms with Crippen LogP contribution in [0.1, 0.15) is 15.9 Å². The molecule has 20 heavy (non-hydrogen) atoms. The van der Waals surface area contributed by atoms with E-state index in [4.69, 9.17) is 22.1 Å². The lowest BCUT2D eigenvalue weighted by molar-refractivity contribution is 0.0469. The maximum atomic E-state index is 13.5. The quantitative estimate of drug-likeness (QED) is 0.661. The normalized spacial score (nSPS) is 10.3.